The van der Waals surface area contributed by atoms with E-state index in [4.69, 9.17) is 10.1 Å². The Bertz CT molecular complexity index is 1070. The molecule has 0 radical (unpaired) electrons. The standard InChI is InChI=1S/C19H19N5O4/c1-3-21-19(27)23-15-5-4-13(8-12(15)9-20)28-16-6-7-22-24-10-14(18(25)26)11(2)17(16)24/h4-10,20H,3H2,1-2H3,(H,25,26)(H2,21,23,27). The van der Waals surface area contributed by atoms with Crippen molar-refractivity contribution >= 4 is 29.4 Å². The van der Waals surface area contributed by atoms with Crippen LogP contribution in [0.4, 0.5) is 10.5 Å². The number of ether oxygens (including phenoxy) is 1. The van der Waals surface area contributed by atoms with E-state index in [0.717, 1.165) is 6.21 Å². The van der Waals surface area contributed by atoms with E-state index in [2.05, 4.69) is 15.7 Å². The molecule has 28 heavy (non-hydrogen) atoms. The highest BCUT2D eigenvalue weighted by Crippen LogP contribution is 2.31. The molecule has 0 aliphatic carbocycles. The van der Waals surface area contributed by atoms with Gasteiger partial charge in [-0.05, 0) is 37.6 Å². The summed E-state index contributed by atoms with van der Waals surface area (Å²) in [7, 11) is 0. The molecular weight excluding hydrogens is 362 g/mol. The number of aryl methyl sites for hydroxylation is 1. The summed E-state index contributed by atoms with van der Waals surface area (Å²) in [5.74, 6) is -0.174. The molecular formula is C19H19N5O4. The molecule has 3 rings (SSSR count). The number of fused-ring (bicyclic) bond motifs is 1. The van der Waals surface area contributed by atoms with E-state index in [9.17, 15) is 14.7 Å². The van der Waals surface area contributed by atoms with Gasteiger partial charge in [-0.15, -0.1) is 0 Å². The second-order valence-corrected chi connectivity index (χ2v) is 5.94. The van der Waals surface area contributed by atoms with Crippen molar-refractivity contribution in [3.8, 4) is 11.5 Å². The molecule has 0 atom stereocenters. The number of anilines is 1. The van der Waals surface area contributed by atoms with Crippen LogP contribution >= 0.6 is 0 Å². The van der Waals surface area contributed by atoms with Crippen molar-refractivity contribution in [1.82, 2.24) is 14.9 Å². The normalized spacial score (nSPS) is 10.5. The third-order valence-corrected chi connectivity index (χ3v) is 4.11. The van der Waals surface area contributed by atoms with Crippen molar-refractivity contribution in [2.45, 2.75) is 13.8 Å². The Morgan fingerprint density at radius 3 is 2.82 bits per heavy atom. The van der Waals surface area contributed by atoms with Crippen molar-refractivity contribution in [3.05, 3.63) is 53.3 Å². The monoisotopic (exact) mass is 381 g/mol. The lowest BCUT2D eigenvalue weighted by Crippen LogP contribution is -2.28. The van der Waals surface area contributed by atoms with Gasteiger partial charge in [-0.2, -0.15) is 5.10 Å². The molecule has 0 spiro atoms. The lowest BCUT2D eigenvalue weighted by Gasteiger charge is -2.12. The summed E-state index contributed by atoms with van der Waals surface area (Å²) < 4.78 is 7.39. The largest absolute Gasteiger partial charge is 0.478 e. The van der Waals surface area contributed by atoms with Crippen LogP contribution in [-0.2, 0) is 0 Å². The van der Waals surface area contributed by atoms with E-state index in [-0.39, 0.29) is 11.6 Å². The van der Waals surface area contributed by atoms with E-state index in [1.54, 1.807) is 31.2 Å². The first-order valence-corrected chi connectivity index (χ1v) is 8.52. The number of carboxylic acid groups (broad SMARTS) is 1. The number of carboxylic acids is 1. The lowest BCUT2D eigenvalue weighted by atomic mass is 10.1. The molecule has 0 unspecified atom stereocenters. The van der Waals surface area contributed by atoms with Gasteiger partial charge < -0.3 is 25.9 Å². The Hall–Kier alpha value is -3.88. The quantitative estimate of drug-likeness (QED) is 0.487. The number of rotatable bonds is 6. The zero-order valence-electron chi connectivity index (χ0n) is 15.3. The van der Waals surface area contributed by atoms with Crippen molar-refractivity contribution in [1.29, 1.82) is 5.41 Å². The number of amides is 2. The molecule has 0 aliphatic heterocycles. The minimum absolute atomic E-state index is 0.144. The third kappa shape index (κ3) is 3.63. The van der Waals surface area contributed by atoms with Gasteiger partial charge in [0, 0.05) is 30.6 Å². The van der Waals surface area contributed by atoms with Crippen LogP contribution in [0.5, 0.6) is 11.5 Å². The summed E-state index contributed by atoms with van der Waals surface area (Å²) in [5.41, 5.74) is 2.16. The lowest BCUT2D eigenvalue weighted by molar-refractivity contribution is 0.0696. The summed E-state index contributed by atoms with van der Waals surface area (Å²) in [4.78, 5) is 23.1. The van der Waals surface area contributed by atoms with E-state index in [0.29, 0.717) is 40.4 Å². The van der Waals surface area contributed by atoms with Gasteiger partial charge in [0.2, 0.25) is 0 Å². The number of nitrogens with zero attached hydrogens (tertiary/aromatic N) is 2. The molecule has 9 heteroatoms. The fourth-order valence-electron chi connectivity index (χ4n) is 2.81. The Balaban J connectivity index is 1.95. The Kier molecular flexibility index (Phi) is 5.25. The number of carbonyl (C=O) groups is 2. The van der Waals surface area contributed by atoms with Crippen molar-refractivity contribution < 1.29 is 19.4 Å². The zero-order chi connectivity index (χ0) is 20.3. The van der Waals surface area contributed by atoms with E-state index >= 15 is 0 Å². The number of hydrogen-bond acceptors (Lipinski definition) is 5. The average Bonchev–Trinajstić information content (AvgIpc) is 3.01. The molecule has 0 aliphatic rings. The third-order valence-electron chi connectivity index (χ3n) is 4.11. The maximum absolute atomic E-state index is 11.7. The Morgan fingerprint density at radius 1 is 1.36 bits per heavy atom. The molecule has 3 aromatic rings. The number of aromatic nitrogens is 2. The average molecular weight is 381 g/mol. The van der Waals surface area contributed by atoms with Crippen LogP contribution in [0.1, 0.15) is 28.4 Å². The predicted octanol–water partition coefficient (Wildman–Crippen LogP) is 3.27. The number of urea groups is 1. The van der Waals surface area contributed by atoms with Crippen LogP contribution in [0, 0.1) is 12.3 Å². The van der Waals surface area contributed by atoms with Crippen molar-refractivity contribution in [2.75, 3.05) is 11.9 Å². The molecule has 144 valence electrons. The molecule has 0 fully saturated rings. The SMILES string of the molecule is CCNC(=O)Nc1ccc(Oc2ccnn3cc(C(=O)O)c(C)c23)cc1C=N. The highest BCUT2D eigenvalue weighted by Gasteiger charge is 2.17. The maximum atomic E-state index is 11.7. The van der Waals surface area contributed by atoms with Crippen molar-refractivity contribution in [2.24, 2.45) is 0 Å². The minimum Gasteiger partial charge on any atom is -0.478 e. The maximum Gasteiger partial charge on any atom is 0.337 e. The molecule has 2 aromatic heterocycles. The number of hydrogen-bond donors (Lipinski definition) is 4. The highest BCUT2D eigenvalue weighted by atomic mass is 16.5. The second-order valence-electron chi connectivity index (χ2n) is 5.94. The van der Waals surface area contributed by atoms with Gasteiger partial charge >= 0.3 is 12.0 Å². The summed E-state index contributed by atoms with van der Waals surface area (Å²) in [6.07, 6.45) is 4.06. The van der Waals surface area contributed by atoms with Crippen LogP contribution in [-0.4, -0.2) is 39.5 Å². The van der Waals surface area contributed by atoms with Crippen LogP contribution in [0.2, 0.25) is 0 Å². The first-order valence-electron chi connectivity index (χ1n) is 8.52. The molecule has 9 nitrogen and oxygen atoms in total. The highest BCUT2D eigenvalue weighted by molar-refractivity contribution is 5.96. The molecule has 4 N–H and O–H groups in total. The summed E-state index contributed by atoms with van der Waals surface area (Å²) in [5, 5.41) is 26.3. The van der Waals surface area contributed by atoms with Gasteiger partial charge in [0.1, 0.15) is 11.3 Å². The number of carbonyl (C=O) groups excluding carboxylic acids is 1. The van der Waals surface area contributed by atoms with Gasteiger partial charge in [0.25, 0.3) is 0 Å². The van der Waals surface area contributed by atoms with Crippen LogP contribution in [0.25, 0.3) is 5.52 Å². The topological polar surface area (TPSA) is 129 Å². The molecule has 2 amide bonds. The van der Waals surface area contributed by atoms with Crippen molar-refractivity contribution in [3.63, 3.8) is 0 Å². The smallest absolute Gasteiger partial charge is 0.337 e. The Labute approximate surface area is 160 Å². The van der Waals surface area contributed by atoms with Gasteiger partial charge in [-0.1, -0.05) is 0 Å². The minimum atomic E-state index is -1.04. The first kappa shape index (κ1) is 18.9. The summed E-state index contributed by atoms with van der Waals surface area (Å²) in [6, 6.07) is 6.18. The summed E-state index contributed by atoms with van der Waals surface area (Å²) >= 11 is 0. The van der Waals surface area contributed by atoms with E-state index in [1.165, 1.54) is 16.9 Å². The first-order chi connectivity index (χ1) is 13.4. The van der Waals surface area contributed by atoms with Gasteiger partial charge in [0.05, 0.1) is 17.4 Å². The zero-order valence-corrected chi connectivity index (χ0v) is 15.3. The fraction of sp³-hybridized carbons (Fsp3) is 0.158. The number of benzene rings is 1. The summed E-state index contributed by atoms with van der Waals surface area (Å²) in [6.45, 7) is 3.98. The number of nitrogens with one attached hydrogen (secondary N) is 3. The molecule has 0 saturated heterocycles. The molecule has 0 bridgehead atoms. The molecule has 1 aromatic carbocycles. The fourth-order valence-corrected chi connectivity index (χ4v) is 2.81. The van der Waals surface area contributed by atoms with E-state index < -0.39 is 5.97 Å². The van der Waals surface area contributed by atoms with Crippen LogP contribution < -0.4 is 15.4 Å². The van der Waals surface area contributed by atoms with E-state index in [1.807, 2.05) is 6.92 Å². The predicted molar refractivity (Wildman–Crippen MR) is 104 cm³/mol. The van der Waals surface area contributed by atoms with Crippen LogP contribution in [0.15, 0.2) is 36.7 Å². The van der Waals surface area contributed by atoms with Gasteiger partial charge in [-0.25, -0.2) is 14.1 Å². The molecule has 2 heterocycles. The number of aromatic carboxylic acids is 1. The molecule has 0 saturated carbocycles. The second kappa shape index (κ2) is 7.78. The Morgan fingerprint density at radius 2 is 2.14 bits per heavy atom. The van der Waals surface area contributed by atoms with Gasteiger partial charge in [0.15, 0.2) is 5.75 Å². The van der Waals surface area contributed by atoms with Crippen LogP contribution in [0.3, 0.4) is 0 Å². The van der Waals surface area contributed by atoms with Gasteiger partial charge in [-0.3, -0.25) is 0 Å².